The number of imidazole rings is 1. The molecule has 0 saturated heterocycles. The van der Waals surface area contributed by atoms with Crippen LogP contribution in [0.15, 0.2) is 6.33 Å². The zero-order valence-corrected chi connectivity index (χ0v) is 11.9. The zero-order valence-electron chi connectivity index (χ0n) is 11.9. The highest BCUT2D eigenvalue weighted by Crippen LogP contribution is 2.29. The first kappa shape index (κ1) is 13.6. The van der Waals surface area contributed by atoms with Gasteiger partial charge in [0.05, 0.1) is 17.6 Å². The van der Waals surface area contributed by atoms with Gasteiger partial charge in [0.25, 0.3) is 0 Å². The van der Waals surface area contributed by atoms with Crippen molar-refractivity contribution in [2.75, 3.05) is 26.2 Å². The Bertz CT molecular complexity index is 370. The molecule has 2 rings (SSSR count). The van der Waals surface area contributed by atoms with Crippen LogP contribution in [0.4, 0.5) is 0 Å². The van der Waals surface area contributed by atoms with Crippen LogP contribution in [0.5, 0.6) is 0 Å². The van der Waals surface area contributed by atoms with Crippen LogP contribution < -0.4 is 5.32 Å². The number of fused-ring (bicyclic) bond motifs is 1. The van der Waals surface area contributed by atoms with Gasteiger partial charge < -0.3 is 15.2 Å². The molecule has 1 aromatic rings. The number of nitrogens with zero attached hydrogens (tertiary/aromatic N) is 2. The lowest BCUT2D eigenvalue weighted by molar-refractivity contribution is 0.254. The average molecular weight is 250 g/mol. The van der Waals surface area contributed by atoms with E-state index in [2.05, 4.69) is 41.0 Å². The molecule has 0 unspecified atom stereocenters. The van der Waals surface area contributed by atoms with Gasteiger partial charge in [0.15, 0.2) is 0 Å². The first-order chi connectivity index (χ1) is 8.69. The second-order valence-electron chi connectivity index (χ2n) is 5.37. The minimum absolute atomic E-state index is 0.0563. The number of H-pyrrole nitrogens is 1. The van der Waals surface area contributed by atoms with Gasteiger partial charge in [0.1, 0.15) is 0 Å². The number of hydrogen-bond donors (Lipinski definition) is 2. The quantitative estimate of drug-likeness (QED) is 0.810. The lowest BCUT2D eigenvalue weighted by Crippen LogP contribution is -2.45. The number of aromatic nitrogens is 2. The van der Waals surface area contributed by atoms with Crippen LogP contribution in [0.25, 0.3) is 0 Å². The normalized spacial score (nSPS) is 23.3. The van der Waals surface area contributed by atoms with Gasteiger partial charge in [-0.25, -0.2) is 4.98 Å². The monoisotopic (exact) mass is 250 g/mol. The van der Waals surface area contributed by atoms with E-state index in [9.17, 15) is 0 Å². The van der Waals surface area contributed by atoms with Crippen molar-refractivity contribution in [1.29, 1.82) is 0 Å². The van der Waals surface area contributed by atoms with Gasteiger partial charge in [0.2, 0.25) is 0 Å². The lowest BCUT2D eigenvalue weighted by atomic mass is 9.87. The summed E-state index contributed by atoms with van der Waals surface area (Å²) in [5, 5.41) is 3.65. The smallest absolute Gasteiger partial charge is 0.0926 e. The molecule has 0 amide bonds. The summed E-state index contributed by atoms with van der Waals surface area (Å²) >= 11 is 0. The first-order valence-electron chi connectivity index (χ1n) is 7.19. The van der Waals surface area contributed by atoms with Gasteiger partial charge >= 0.3 is 0 Å². The Labute approximate surface area is 110 Å². The molecule has 1 atom stereocenters. The van der Waals surface area contributed by atoms with E-state index in [1.807, 2.05) is 6.33 Å². The topological polar surface area (TPSA) is 44.0 Å². The minimum atomic E-state index is 0.0563. The largest absolute Gasteiger partial charge is 0.348 e. The maximum atomic E-state index is 4.52. The van der Waals surface area contributed by atoms with Crippen molar-refractivity contribution in [3.8, 4) is 0 Å². The fourth-order valence-electron chi connectivity index (χ4n) is 2.94. The van der Waals surface area contributed by atoms with E-state index in [0.717, 1.165) is 32.5 Å². The Morgan fingerprint density at radius 2 is 2.17 bits per heavy atom. The van der Waals surface area contributed by atoms with E-state index < -0.39 is 0 Å². The van der Waals surface area contributed by atoms with Gasteiger partial charge in [0, 0.05) is 18.7 Å². The van der Waals surface area contributed by atoms with Crippen molar-refractivity contribution in [3.63, 3.8) is 0 Å². The summed E-state index contributed by atoms with van der Waals surface area (Å²) < 4.78 is 0. The third-order valence-corrected chi connectivity index (χ3v) is 4.18. The molecule has 0 radical (unpaired) electrons. The molecule has 4 heteroatoms. The Morgan fingerprint density at radius 3 is 2.89 bits per heavy atom. The van der Waals surface area contributed by atoms with Crippen molar-refractivity contribution < 1.29 is 0 Å². The molecule has 0 spiro atoms. The standard InChI is InChI=1S/C14H26N4/c1-4-18(5-2)10-6-8-14(3)13-12(7-9-17-14)15-11-16-13/h11,17H,4-10H2,1-3H3,(H,15,16)/t14-/m0/s1. The molecule has 0 aliphatic carbocycles. The van der Waals surface area contributed by atoms with E-state index in [0.29, 0.717) is 0 Å². The Hall–Kier alpha value is -0.870. The van der Waals surface area contributed by atoms with E-state index >= 15 is 0 Å². The van der Waals surface area contributed by atoms with Crippen LogP contribution in [0.1, 0.15) is 45.0 Å². The molecule has 1 aromatic heterocycles. The first-order valence-corrected chi connectivity index (χ1v) is 7.19. The molecule has 0 saturated carbocycles. The molecule has 18 heavy (non-hydrogen) atoms. The van der Waals surface area contributed by atoms with Crippen LogP contribution in [-0.4, -0.2) is 41.0 Å². The fraction of sp³-hybridized carbons (Fsp3) is 0.786. The summed E-state index contributed by atoms with van der Waals surface area (Å²) in [6.45, 7) is 11.3. The lowest BCUT2D eigenvalue weighted by Gasteiger charge is -2.34. The highest BCUT2D eigenvalue weighted by atomic mass is 15.1. The van der Waals surface area contributed by atoms with Crippen molar-refractivity contribution in [3.05, 3.63) is 17.7 Å². The number of rotatable bonds is 6. The zero-order chi connectivity index (χ0) is 13.0. The molecule has 0 fully saturated rings. The molecule has 0 bridgehead atoms. The van der Waals surface area contributed by atoms with Crippen LogP contribution in [0.3, 0.4) is 0 Å². The molecule has 102 valence electrons. The molecule has 2 N–H and O–H groups in total. The van der Waals surface area contributed by atoms with Crippen molar-refractivity contribution in [2.45, 2.75) is 45.6 Å². The van der Waals surface area contributed by atoms with E-state index in [1.54, 1.807) is 0 Å². The van der Waals surface area contributed by atoms with E-state index in [4.69, 9.17) is 0 Å². The van der Waals surface area contributed by atoms with Gasteiger partial charge in [-0.15, -0.1) is 0 Å². The minimum Gasteiger partial charge on any atom is -0.348 e. The molecular formula is C14H26N4. The molecule has 1 aliphatic heterocycles. The van der Waals surface area contributed by atoms with Crippen molar-refractivity contribution in [2.24, 2.45) is 0 Å². The highest BCUT2D eigenvalue weighted by molar-refractivity contribution is 5.24. The molecule has 4 nitrogen and oxygen atoms in total. The summed E-state index contributed by atoms with van der Waals surface area (Å²) in [6, 6.07) is 0. The van der Waals surface area contributed by atoms with Gasteiger partial charge in [-0.3, -0.25) is 0 Å². The van der Waals surface area contributed by atoms with E-state index in [1.165, 1.54) is 24.4 Å². The summed E-state index contributed by atoms with van der Waals surface area (Å²) in [4.78, 5) is 10.3. The van der Waals surface area contributed by atoms with Crippen molar-refractivity contribution >= 4 is 0 Å². The predicted molar refractivity (Wildman–Crippen MR) is 74.7 cm³/mol. The SMILES string of the molecule is CCN(CC)CCC[C@]1(C)NCCc2[nH]cnc21. The third kappa shape index (κ3) is 2.75. The van der Waals surface area contributed by atoms with Crippen molar-refractivity contribution in [1.82, 2.24) is 20.2 Å². The summed E-state index contributed by atoms with van der Waals surface area (Å²) in [7, 11) is 0. The van der Waals surface area contributed by atoms with Crippen LogP contribution in [0.2, 0.25) is 0 Å². The Kier molecular flexibility index (Phi) is 4.40. The molecule has 2 heterocycles. The number of hydrogen-bond acceptors (Lipinski definition) is 3. The van der Waals surface area contributed by atoms with Gasteiger partial charge in [-0.2, -0.15) is 0 Å². The van der Waals surface area contributed by atoms with Crippen LogP contribution in [0, 0.1) is 0 Å². The Balaban J connectivity index is 1.93. The Morgan fingerprint density at radius 1 is 1.39 bits per heavy atom. The second kappa shape index (κ2) is 5.85. The number of nitrogens with one attached hydrogen (secondary N) is 2. The average Bonchev–Trinajstić information content (AvgIpc) is 2.85. The van der Waals surface area contributed by atoms with Crippen LogP contribution in [-0.2, 0) is 12.0 Å². The molecule has 1 aliphatic rings. The summed E-state index contributed by atoms with van der Waals surface area (Å²) in [6.07, 6.45) is 5.28. The fourth-order valence-corrected chi connectivity index (χ4v) is 2.94. The van der Waals surface area contributed by atoms with Crippen LogP contribution >= 0.6 is 0 Å². The molecular weight excluding hydrogens is 224 g/mol. The summed E-state index contributed by atoms with van der Waals surface area (Å²) in [5.74, 6) is 0. The van der Waals surface area contributed by atoms with Gasteiger partial charge in [-0.1, -0.05) is 13.8 Å². The summed E-state index contributed by atoms with van der Waals surface area (Å²) in [5.41, 5.74) is 2.60. The molecule has 0 aromatic carbocycles. The third-order valence-electron chi connectivity index (χ3n) is 4.18. The maximum Gasteiger partial charge on any atom is 0.0926 e. The number of aromatic amines is 1. The highest BCUT2D eigenvalue weighted by Gasteiger charge is 2.33. The second-order valence-corrected chi connectivity index (χ2v) is 5.37. The van der Waals surface area contributed by atoms with E-state index in [-0.39, 0.29) is 5.54 Å². The maximum absolute atomic E-state index is 4.52. The van der Waals surface area contributed by atoms with Gasteiger partial charge in [-0.05, 0) is 39.4 Å². The predicted octanol–water partition coefficient (Wildman–Crippen LogP) is 1.89.